The van der Waals surface area contributed by atoms with Crippen molar-refractivity contribution in [1.29, 1.82) is 5.26 Å². The van der Waals surface area contributed by atoms with E-state index < -0.39 is 0 Å². The summed E-state index contributed by atoms with van der Waals surface area (Å²) >= 11 is 0. The van der Waals surface area contributed by atoms with E-state index in [4.69, 9.17) is 4.98 Å². The largest absolute Gasteiger partial charge is 0.353 e. The minimum atomic E-state index is 0. The second kappa shape index (κ2) is 8.43. The lowest BCUT2D eigenvalue weighted by Gasteiger charge is -2.48. The van der Waals surface area contributed by atoms with Crippen molar-refractivity contribution in [2.24, 2.45) is 7.05 Å². The predicted molar refractivity (Wildman–Crippen MR) is 127 cm³/mol. The van der Waals surface area contributed by atoms with E-state index in [-0.39, 0.29) is 24.8 Å². The van der Waals surface area contributed by atoms with Crippen LogP contribution >= 0.6 is 24.8 Å². The number of nitrogens with zero attached hydrogens (tertiary/aromatic N) is 7. The fourth-order valence-corrected chi connectivity index (χ4v) is 4.58. The number of hydrogen-bond acceptors (Lipinski definition) is 6. The number of aromatic nitrogens is 5. The van der Waals surface area contributed by atoms with Crippen LogP contribution in [0.3, 0.4) is 0 Å². The predicted octanol–water partition coefficient (Wildman–Crippen LogP) is 3.06. The van der Waals surface area contributed by atoms with Crippen LogP contribution in [0.15, 0.2) is 49.2 Å². The number of anilines is 1. The summed E-state index contributed by atoms with van der Waals surface area (Å²) in [5.74, 6) is 1.00. The van der Waals surface area contributed by atoms with Crippen LogP contribution in [0.4, 0.5) is 5.82 Å². The molecule has 10 heteroatoms. The smallest absolute Gasteiger partial charge is 0.128 e. The van der Waals surface area contributed by atoms with E-state index in [2.05, 4.69) is 44.7 Å². The number of piperidine rings is 1. The standard InChI is InChI=1S/C22H20N8.2ClH/c1-28-10-17(9-25-28)15-4-20(22-16(6-23)8-26-30(22)11-15)14-2-3-21(24-7-14)29-12-18-5-19(13-29)27-18;;/h2-4,7-11,18-19,27H,5,12-13H2,1H3;2*1H. The third-order valence-corrected chi connectivity index (χ3v) is 6.08. The number of nitriles is 1. The molecule has 7 rings (SSSR count). The molecule has 7 heterocycles. The molecule has 3 saturated heterocycles. The first kappa shape index (κ1) is 22.1. The normalized spacial score (nSPS) is 18.9. The zero-order chi connectivity index (χ0) is 20.2. The molecule has 2 unspecified atom stereocenters. The Morgan fingerprint density at radius 2 is 1.78 bits per heavy atom. The zero-order valence-electron chi connectivity index (χ0n) is 17.3. The van der Waals surface area contributed by atoms with Crippen LogP contribution in [0.25, 0.3) is 27.8 Å². The van der Waals surface area contributed by atoms with Crippen molar-refractivity contribution in [3.05, 3.63) is 54.7 Å². The van der Waals surface area contributed by atoms with E-state index >= 15 is 0 Å². The van der Waals surface area contributed by atoms with Crippen LogP contribution in [-0.2, 0) is 7.05 Å². The molecule has 3 aliphatic heterocycles. The van der Waals surface area contributed by atoms with Crippen LogP contribution < -0.4 is 10.2 Å². The van der Waals surface area contributed by atoms with Gasteiger partial charge in [0.2, 0.25) is 0 Å². The van der Waals surface area contributed by atoms with Crippen molar-refractivity contribution in [3.63, 3.8) is 0 Å². The van der Waals surface area contributed by atoms with Gasteiger partial charge >= 0.3 is 0 Å². The van der Waals surface area contributed by atoms with E-state index in [1.165, 1.54) is 6.42 Å². The Hall–Kier alpha value is -3.12. The average molecular weight is 469 g/mol. The van der Waals surface area contributed by atoms with Gasteiger partial charge in [0.15, 0.2) is 0 Å². The van der Waals surface area contributed by atoms with Crippen molar-refractivity contribution in [2.45, 2.75) is 18.5 Å². The second-order valence-electron chi connectivity index (χ2n) is 8.11. The number of halogens is 2. The number of piperazine rings is 1. The quantitative estimate of drug-likeness (QED) is 0.497. The van der Waals surface area contributed by atoms with E-state index in [1.807, 2.05) is 31.8 Å². The molecule has 32 heavy (non-hydrogen) atoms. The second-order valence-corrected chi connectivity index (χ2v) is 8.11. The minimum Gasteiger partial charge on any atom is -0.353 e. The van der Waals surface area contributed by atoms with Gasteiger partial charge in [0.05, 0.1) is 23.5 Å². The van der Waals surface area contributed by atoms with Gasteiger partial charge in [-0.1, -0.05) is 0 Å². The first-order valence-corrected chi connectivity index (χ1v) is 10.1. The number of rotatable bonds is 3. The monoisotopic (exact) mass is 468 g/mol. The summed E-state index contributed by atoms with van der Waals surface area (Å²) in [5, 5.41) is 21.8. The molecule has 0 saturated carbocycles. The van der Waals surface area contributed by atoms with E-state index in [0.717, 1.165) is 46.7 Å². The molecule has 2 atom stereocenters. The molecule has 3 fully saturated rings. The Morgan fingerprint density at radius 3 is 2.41 bits per heavy atom. The van der Waals surface area contributed by atoms with Gasteiger partial charge in [-0.25, -0.2) is 9.50 Å². The van der Waals surface area contributed by atoms with Gasteiger partial charge in [-0.3, -0.25) is 4.68 Å². The summed E-state index contributed by atoms with van der Waals surface area (Å²) in [6, 6.07) is 9.70. The molecule has 0 aliphatic carbocycles. The maximum atomic E-state index is 9.58. The van der Waals surface area contributed by atoms with Crippen molar-refractivity contribution >= 4 is 36.1 Å². The van der Waals surface area contributed by atoms with Crippen molar-refractivity contribution < 1.29 is 0 Å². The molecular formula is C22H22Cl2N8. The third-order valence-electron chi connectivity index (χ3n) is 6.08. The Morgan fingerprint density at radius 1 is 1.00 bits per heavy atom. The summed E-state index contributed by atoms with van der Waals surface area (Å²) in [4.78, 5) is 7.10. The van der Waals surface area contributed by atoms with Gasteiger partial charge in [0.25, 0.3) is 0 Å². The fourth-order valence-electron chi connectivity index (χ4n) is 4.58. The molecule has 2 bridgehead atoms. The van der Waals surface area contributed by atoms with Gasteiger partial charge in [0.1, 0.15) is 11.9 Å². The highest BCUT2D eigenvalue weighted by atomic mass is 35.5. The third kappa shape index (κ3) is 3.58. The number of hydrogen-bond donors (Lipinski definition) is 1. The number of fused-ring (bicyclic) bond motifs is 3. The Kier molecular flexibility index (Phi) is 5.82. The summed E-state index contributed by atoms with van der Waals surface area (Å²) in [6.07, 6.45) is 10.5. The molecule has 0 radical (unpaired) electrons. The first-order chi connectivity index (χ1) is 14.7. The van der Waals surface area contributed by atoms with Crippen LogP contribution in [0.2, 0.25) is 0 Å². The van der Waals surface area contributed by atoms with E-state index in [0.29, 0.717) is 17.6 Å². The van der Waals surface area contributed by atoms with E-state index in [9.17, 15) is 5.26 Å². The molecule has 0 aromatic carbocycles. The summed E-state index contributed by atoms with van der Waals surface area (Å²) in [7, 11) is 1.90. The maximum Gasteiger partial charge on any atom is 0.128 e. The van der Waals surface area contributed by atoms with Crippen LogP contribution in [0.5, 0.6) is 0 Å². The van der Waals surface area contributed by atoms with Gasteiger partial charge in [-0.05, 0) is 24.6 Å². The highest BCUT2D eigenvalue weighted by Gasteiger charge is 2.36. The lowest BCUT2D eigenvalue weighted by Crippen LogP contribution is -2.67. The number of nitrogens with one attached hydrogen (secondary N) is 1. The Labute approximate surface area is 197 Å². The zero-order valence-corrected chi connectivity index (χ0v) is 19.0. The number of aryl methyl sites for hydroxylation is 1. The lowest BCUT2D eigenvalue weighted by atomic mass is 9.91. The molecule has 4 aromatic heterocycles. The molecule has 1 N–H and O–H groups in total. The average Bonchev–Trinajstić information content (AvgIpc) is 3.39. The summed E-state index contributed by atoms with van der Waals surface area (Å²) in [5.41, 5.74) is 5.24. The molecule has 8 nitrogen and oxygen atoms in total. The van der Waals surface area contributed by atoms with Gasteiger partial charge in [-0.15, -0.1) is 24.8 Å². The molecule has 164 valence electrons. The molecule has 0 amide bonds. The fraction of sp³-hybridized carbons (Fsp3) is 0.273. The SMILES string of the molecule is Cl.Cl.Cn1cc(-c2cc(-c3ccc(N4CC5CC(C4)N5)nc3)c3c(C#N)cnn3c2)cn1. The van der Waals surface area contributed by atoms with Crippen molar-refractivity contribution in [1.82, 2.24) is 29.7 Å². The molecule has 4 aromatic rings. The van der Waals surface area contributed by atoms with Gasteiger partial charge < -0.3 is 10.2 Å². The first-order valence-electron chi connectivity index (χ1n) is 10.1. The van der Waals surface area contributed by atoms with Crippen molar-refractivity contribution in [3.8, 4) is 28.3 Å². The molecular weight excluding hydrogens is 447 g/mol. The maximum absolute atomic E-state index is 9.58. The van der Waals surface area contributed by atoms with Gasteiger partial charge in [-0.2, -0.15) is 15.5 Å². The lowest BCUT2D eigenvalue weighted by molar-refractivity contribution is 0.225. The topological polar surface area (TPSA) is 87.1 Å². The van der Waals surface area contributed by atoms with Crippen molar-refractivity contribution in [2.75, 3.05) is 18.0 Å². The van der Waals surface area contributed by atoms with Crippen LogP contribution in [0, 0.1) is 11.3 Å². The Bertz CT molecular complexity index is 1290. The molecule has 3 aliphatic rings. The molecule has 0 spiro atoms. The minimum absolute atomic E-state index is 0. The van der Waals surface area contributed by atoms with Gasteiger partial charge in [0, 0.05) is 73.1 Å². The summed E-state index contributed by atoms with van der Waals surface area (Å²) < 4.78 is 3.55. The number of pyridine rings is 2. The summed E-state index contributed by atoms with van der Waals surface area (Å²) in [6.45, 7) is 2.01. The highest BCUT2D eigenvalue weighted by molar-refractivity contribution is 5.87. The van der Waals surface area contributed by atoms with E-state index in [1.54, 1.807) is 15.4 Å². The van der Waals surface area contributed by atoms with Crippen LogP contribution in [-0.4, -0.2) is 49.6 Å². The highest BCUT2D eigenvalue weighted by Crippen LogP contribution is 2.33. The van der Waals surface area contributed by atoms with Crippen LogP contribution in [0.1, 0.15) is 12.0 Å². The Balaban J connectivity index is 0.00000122.